The smallest absolute Gasteiger partial charge is 0.384 e. The Kier molecular flexibility index (Phi) is 14.4. The minimum absolute atomic E-state index is 0.683. The molecule has 0 fully saturated rings. The molecule has 2 amide bonds. The molecule has 0 unspecified atom stereocenters. The summed E-state index contributed by atoms with van der Waals surface area (Å²) in [5.41, 5.74) is 21.9. The third-order valence-corrected chi connectivity index (χ3v) is 9.15. The number of benzene rings is 2. The van der Waals surface area contributed by atoms with Crippen molar-refractivity contribution in [3.8, 4) is 11.5 Å². The van der Waals surface area contributed by atoms with Crippen molar-refractivity contribution in [2.24, 2.45) is 11.5 Å². The number of anilines is 2. The van der Waals surface area contributed by atoms with E-state index in [1.807, 2.05) is 74.7 Å². The molecule has 0 aliphatic carbocycles. The molecule has 2 aromatic carbocycles. The van der Waals surface area contributed by atoms with Crippen molar-refractivity contribution in [1.82, 2.24) is 0 Å². The second-order valence-electron chi connectivity index (χ2n) is 8.39. The molecule has 0 saturated carbocycles. The Morgan fingerprint density at radius 3 is 1.10 bits per heavy atom. The lowest BCUT2D eigenvalue weighted by Crippen LogP contribution is -2.52. The second kappa shape index (κ2) is 16.3. The summed E-state index contributed by atoms with van der Waals surface area (Å²) >= 11 is 0. The van der Waals surface area contributed by atoms with Gasteiger partial charge in [-0.25, -0.2) is 9.59 Å². The maximum atomic E-state index is 9.78. The highest BCUT2D eigenvalue weighted by atomic mass is 28.5. The van der Waals surface area contributed by atoms with Crippen LogP contribution in [0.15, 0.2) is 72.8 Å². The van der Waals surface area contributed by atoms with Gasteiger partial charge in [-0.2, -0.15) is 0 Å². The Balaban J connectivity index is 0.000000742. The van der Waals surface area contributed by atoms with Gasteiger partial charge >= 0.3 is 29.1 Å². The molecule has 0 bridgehead atoms. The van der Waals surface area contributed by atoms with Crippen LogP contribution in [0.25, 0.3) is 0 Å². The molecule has 2 rings (SSSR count). The predicted octanol–water partition coefficient (Wildman–Crippen LogP) is 1.95. The first kappa shape index (κ1) is 34.4. The Hall–Kier alpha value is -4.61. The number of hydrogen-bond acceptors (Lipinski definition) is 9. The lowest BCUT2D eigenvalue weighted by Gasteiger charge is -2.33. The largest absolute Gasteiger partial charge is 0.521 e. The molecule has 0 aromatic heterocycles. The van der Waals surface area contributed by atoms with Gasteiger partial charge in [-0.15, -0.1) is 0 Å². The van der Waals surface area contributed by atoms with Crippen LogP contribution in [0.1, 0.15) is 0 Å². The molecule has 212 valence electrons. The fourth-order valence-corrected chi connectivity index (χ4v) is 9.06. The van der Waals surface area contributed by atoms with E-state index >= 15 is 0 Å². The van der Waals surface area contributed by atoms with Gasteiger partial charge in [0.25, 0.3) is 0 Å². The van der Waals surface area contributed by atoms with E-state index < -0.39 is 40.9 Å². The summed E-state index contributed by atoms with van der Waals surface area (Å²) in [5, 5.41) is 15.7. The summed E-state index contributed by atoms with van der Waals surface area (Å²) in [6.45, 7) is 8.02. The minimum Gasteiger partial charge on any atom is -0.521 e. The predicted molar refractivity (Wildman–Crippen MR) is 151 cm³/mol. The molecule has 39 heavy (non-hydrogen) atoms. The first-order valence-corrected chi connectivity index (χ1v) is 16.7. The van der Waals surface area contributed by atoms with E-state index in [0.717, 1.165) is 23.7 Å². The van der Waals surface area contributed by atoms with Crippen LogP contribution in [0.4, 0.5) is 11.4 Å². The molecule has 2 aromatic rings. The topological polar surface area (TPSA) is 241 Å². The lowest BCUT2D eigenvalue weighted by atomic mass is 10.3. The van der Waals surface area contributed by atoms with E-state index in [1.54, 1.807) is 0 Å². The van der Waals surface area contributed by atoms with Crippen LogP contribution < -0.4 is 31.8 Å². The summed E-state index contributed by atoms with van der Waals surface area (Å²) in [6.07, 6.45) is 2.93. The van der Waals surface area contributed by atoms with Crippen molar-refractivity contribution >= 4 is 52.2 Å². The number of aliphatic carboxylic acids is 2. The number of carbonyl (C=O) groups is 4. The van der Waals surface area contributed by atoms with Crippen LogP contribution in [-0.2, 0) is 23.3 Å². The van der Waals surface area contributed by atoms with Crippen molar-refractivity contribution < 1.29 is 42.4 Å². The van der Waals surface area contributed by atoms with Gasteiger partial charge in [-0.3, -0.25) is 9.59 Å². The molecule has 13 nitrogen and oxygen atoms in total. The van der Waals surface area contributed by atoms with E-state index in [1.165, 1.54) is 0 Å². The van der Waals surface area contributed by atoms with Crippen LogP contribution in [0.5, 0.6) is 11.5 Å². The summed E-state index contributed by atoms with van der Waals surface area (Å²) in [5.74, 6) is -2.35. The Labute approximate surface area is 228 Å². The zero-order valence-corrected chi connectivity index (χ0v) is 24.0. The van der Waals surface area contributed by atoms with E-state index in [9.17, 15) is 19.2 Å². The summed E-state index contributed by atoms with van der Waals surface area (Å²) < 4.78 is 18.4. The maximum Gasteiger partial charge on any atom is 0.384 e. The first-order chi connectivity index (χ1) is 17.9. The van der Waals surface area contributed by atoms with E-state index in [-0.39, 0.29) is 0 Å². The van der Waals surface area contributed by atoms with Gasteiger partial charge in [-0.1, -0.05) is 0 Å². The third kappa shape index (κ3) is 19.2. The summed E-state index contributed by atoms with van der Waals surface area (Å²) in [7, 11) is -4.78. The SMILES string of the molecule is C[Si](C)(Oc1ccc(N)cc1)O[Si](C)(C)Oc1ccc(N)cc1.NC(=O)C=CC(=O)O.NC(=O)C=CC(=O)O. The molecule has 0 aliphatic rings. The maximum absolute atomic E-state index is 9.78. The second-order valence-corrected chi connectivity index (χ2v) is 15.2. The summed E-state index contributed by atoms with van der Waals surface area (Å²) in [4.78, 5) is 38.8. The third-order valence-electron chi connectivity index (χ3n) is 3.76. The van der Waals surface area contributed by atoms with Crippen LogP contribution >= 0.6 is 0 Å². The van der Waals surface area contributed by atoms with Crippen LogP contribution in [0.3, 0.4) is 0 Å². The minimum atomic E-state index is -2.39. The lowest BCUT2D eigenvalue weighted by molar-refractivity contribution is -0.132. The molecule has 0 aliphatic heterocycles. The molecular weight excluding hydrogens is 544 g/mol. The van der Waals surface area contributed by atoms with Crippen molar-refractivity contribution in [2.75, 3.05) is 11.5 Å². The monoisotopic (exact) mass is 578 g/mol. The normalized spacial score (nSPS) is 11.0. The van der Waals surface area contributed by atoms with E-state index in [0.29, 0.717) is 23.5 Å². The highest BCUT2D eigenvalue weighted by molar-refractivity contribution is 6.79. The van der Waals surface area contributed by atoms with Gasteiger partial charge in [0.05, 0.1) is 0 Å². The first-order valence-electron chi connectivity index (χ1n) is 11.1. The molecule has 15 heteroatoms. The highest BCUT2D eigenvalue weighted by Gasteiger charge is 2.39. The van der Waals surface area contributed by atoms with Crippen molar-refractivity contribution in [3.05, 3.63) is 72.8 Å². The Morgan fingerprint density at radius 1 is 0.615 bits per heavy atom. The van der Waals surface area contributed by atoms with Crippen molar-refractivity contribution in [3.63, 3.8) is 0 Å². The summed E-state index contributed by atoms with van der Waals surface area (Å²) in [6, 6.07) is 14.7. The van der Waals surface area contributed by atoms with Gasteiger partial charge in [0.2, 0.25) is 11.8 Å². The van der Waals surface area contributed by atoms with Gasteiger partial charge in [-0.05, 0) is 74.7 Å². The number of amides is 2. The molecule has 0 radical (unpaired) electrons. The Bertz CT molecular complexity index is 1040. The zero-order valence-electron chi connectivity index (χ0n) is 22.0. The van der Waals surface area contributed by atoms with Gasteiger partial charge in [0, 0.05) is 35.7 Å². The number of nitrogen functional groups attached to an aromatic ring is 2. The average molecular weight is 579 g/mol. The quantitative estimate of drug-likeness (QED) is 0.135. The number of primary amides is 2. The molecular formula is C24H34N4O9Si2. The number of nitrogens with two attached hydrogens (primary N) is 4. The Morgan fingerprint density at radius 2 is 0.897 bits per heavy atom. The fraction of sp³-hybridized carbons (Fsp3) is 0.167. The van der Waals surface area contributed by atoms with Gasteiger partial charge in [0.1, 0.15) is 11.5 Å². The molecule has 0 heterocycles. The van der Waals surface area contributed by atoms with Gasteiger partial charge in [0.15, 0.2) is 0 Å². The number of carboxylic acids is 2. The van der Waals surface area contributed by atoms with Crippen molar-refractivity contribution in [1.29, 1.82) is 0 Å². The highest BCUT2D eigenvalue weighted by Crippen LogP contribution is 2.24. The standard InChI is InChI=1S/C16H24N2O3Si2.2C4H5NO3/c1-22(2,19-15-9-5-13(17)6-10-15)21-23(3,4)20-16-11-7-14(18)8-12-16;2*5-3(6)1-2-4(7)8/h5-12H,17-18H2,1-4H3;2*1-2H,(H2,5,6)(H,7,8). The van der Waals surface area contributed by atoms with E-state index in [4.69, 9.17) is 34.6 Å². The number of carboxylic acid groups (broad SMARTS) is 2. The number of hydrogen-bond donors (Lipinski definition) is 6. The number of carbonyl (C=O) groups excluding carboxylic acids is 2. The molecule has 0 spiro atoms. The molecule has 10 N–H and O–H groups in total. The van der Waals surface area contributed by atoms with Crippen LogP contribution in [0, 0.1) is 0 Å². The number of rotatable bonds is 10. The van der Waals surface area contributed by atoms with Crippen molar-refractivity contribution in [2.45, 2.75) is 26.2 Å². The fourth-order valence-electron chi connectivity index (χ4n) is 2.58. The van der Waals surface area contributed by atoms with Crippen LogP contribution in [-0.4, -0.2) is 51.1 Å². The zero-order chi connectivity index (χ0) is 30.2. The van der Waals surface area contributed by atoms with Gasteiger partial charge < -0.3 is 46.1 Å². The van der Waals surface area contributed by atoms with Crippen LogP contribution in [0.2, 0.25) is 26.2 Å². The molecule has 0 atom stereocenters. The molecule has 0 saturated heterocycles. The average Bonchev–Trinajstić information content (AvgIpc) is 2.79. The van der Waals surface area contributed by atoms with E-state index in [2.05, 4.69) is 11.5 Å².